The summed E-state index contributed by atoms with van der Waals surface area (Å²) in [5, 5.41) is 0. The predicted octanol–water partition coefficient (Wildman–Crippen LogP) is 4.10. The maximum atomic E-state index is 11.7. The molecule has 1 atom stereocenters. The minimum Gasteiger partial charge on any atom is -0.341 e. The Morgan fingerprint density at radius 3 is 2.10 bits per heavy atom. The minimum absolute atomic E-state index is 0.207. The van der Waals surface area contributed by atoms with Crippen LogP contribution in [0.1, 0.15) is 85.0 Å². The maximum absolute atomic E-state index is 11.7. The number of carbonyl (C=O) groups is 1. The molecule has 1 amide bonds. The molecule has 1 unspecified atom stereocenters. The molecule has 0 aromatic rings. The van der Waals surface area contributed by atoms with E-state index in [-0.39, 0.29) is 6.04 Å². The zero-order chi connectivity index (χ0) is 15.2. The molecule has 120 valence electrons. The Hall–Kier alpha value is -0.570. The Balaban J connectivity index is 0.000000511. The maximum Gasteiger partial charge on any atom is 0.222 e. The summed E-state index contributed by atoms with van der Waals surface area (Å²) >= 11 is 0. The number of piperidine rings is 1. The molecule has 0 radical (unpaired) electrons. The summed E-state index contributed by atoms with van der Waals surface area (Å²) in [6.07, 6.45) is 11.7. The summed E-state index contributed by atoms with van der Waals surface area (Å²) in [6.45, 7) is 8.30. The second kappa shape index (κ2) is 13.4. The van der Waals surface area contributed by atoms with Gasteiger partial charge in [-0.25, -0.2) is 0 Å². The molecule has 1 saturated heterocycles. The molecule has 1 fully saturated rings. The second-order valence-corrected chi connectivity index (χ2v) is 5.91. The van der Waals surface area contributed by atoms with Gasteiger partial charge in [-0.05, 0) is 19.3 Å². The smallest absolute Gasteiger partial charge is 0.222 e. The number of amides is 1. The van der Waals surface area contributed by atoms with Gasteiger partial charge in [0.25, 0.3) is 0 Å². The van der Waals surface area contributed by atoms with Gasteiger partial charge in [-0.15, -0.1) is 0 Å². The van der Waals surface area contributed by atoms with E-state index in [1.807, 2.05) is 4.90 Å². The molecule has 2 N–H and O–H groups in total. The van der Waals surface area contributed by atoms with E-state index in [1.54, 1.807) is 0 Å². The van der Waals surface area contributed by atoms with E-state index in [1.165, 1.54) is 32.1 Å². The van der Waals surface area contributed by atoms with E-state index >= 15 is 0 Å². The Labute approximate surface area is 126 Å². The van der Waals surface area contributed by atoms with Gasteiger partial charge in [0, 0.05) is 25.6 Å². The molecule has 3 heteroatoms. The van der Waals surface area contributed by atoms with Crippen molar-refractivity contribution in [3.8, 4) is 0 Å². The number of carbonyl (C=O) groups excluding carboxylic acids is 1. The fraction of sp³-hybridized carbons (Fsp3) is 0.941. The molecular weight excluding hydrogens is 248 g/mol. The van der Waals surface area contributed by atoms with Gasteiger partial charge in [0.15, 0.2) is 0 Å². The number of likely N-dealkylation sites (tertiary alicyclic amines) is 1. The van der Waals surface area contributed by atoms with Crippen molar-refractivity contribution in [2.75, 3.05) is 13.1 Å². The topological polar surface area (TPSA) is 46.3 Å². The lowest BCUT2D eigenvalue weighted by Crippen LogP contribution is -2.45. The Morgan fingerprint density at radius 1 is 1.05 bits per heavy atom. The number of nitrogens with two attached hydrogens (primary N) is 1. The monoisotopic (exact) mass is 284 g/mol. The molecule has 0 aromatic heterocycles. The van der Waals surface area contributed by atoms with E-state index in [9.17, 15) is 4.79 Å². The normalized spacial score (nSPS) is 18.4. The molecular formula is C17H36N2O. The lowest BCUT2D eigenvalue weighted by Gasteiger charge is -2.30. The molecule has 0 bridgehead atoms. The van der Waals surface area contributed by atoms with Crippen LogP contribution < -0.4 is 5.73 Å². The first kappa shape index (κ1) is 19.4. The van der Waals surface area contributed by atoms with Crippen molar-refractivity contribution in [3.63, 3.8) is 0 Å². The number of nitrogens with zero attached hydrogens (tertiary/aromatic N) is 1. The highest BCUT2D eigenvalue weighted by Crippen LogP contribution is 2.11. The van der Waals surface area contributed by atoms with E-state index < -0.39 is 0 Å². The predicted molar refractivity (Wildman–Crippen MR) is 87.7 cm³/mol. The lowest BCUT2D eigenvalue weighted by molar-refractivity contribution is -0.132. The van der Waals surface area contributed by atoms with Gasteiger partial charge in [-0.1, -0.05) is 59.3 Å². The fourth-order valence-electron chi connectivity index (χ4n) is 2.42. The largest absolute Gasteiger partial charge is 0.341 e. The van der Waals surface area contributed by atoms with Gasteiger partial charge in [0.2, 0.25) is 5.91 Å². The second-order valence-electron chi connectivity index (χ2n) is 5.91. The third kappa shape index (κ3) is 10.2. The first-order chi connectivity index (χ1) is 9.65. The average Bonchev–Trinajstić information content (AvgIpc) is 2.46. The SMILES string of the molecule is CCCCCC.CCCCCC(=O)N1CCCC(N)C1. The molecule has 1 aliphatic rings. The Morgan fingerprint density at radius 2 is 1.60 bits per heavy atom. The number of rotatable bonds is 7. The van der Waals surface area contributed by atoms with Gasteiger partial charge in [0.05, 0.1) is 0 Å². The van der Waals surface area contributed by atoms with Crippen molar-refractivity contribution in [3.05, 3.63) is 0 Å². The van der Waals surface area contributed by atoms with Crippen LogP contribution in [0.4, 0.5) is 0 Å². The van der Waals surface area contributed by atoms with Crippen molar-refractivity contribution < 1.29 is 4.79 Å². The standard InChI is InChI=1S/C11H22N2O.C6H14/c1-2-3-4-7-11(14)13-8-5-6-10(12)9-13;1-3-5-6-4-2/h10H,2-9,12H2,1H3;3-6H2,1-2H3. The summed E-state index contributed by atoms with van der Waals surface area (Å²) in [7, 11) is 0. The van der Waals surface area contributed by atoms with Gasteiger partial charge in [-0.3, -0.25) is 4.79 Å². The van der Waals surface area contributed by atoms with E-state index in [4.69, 9.17) is 5.73 Å². The molecule has 0 spiro atoms. The van der Waals surface area contributed by atoms with Crippen LogP contribution in [0.5, 0.6) is 0 Å². The third-order valence-electron chi connectivity index (χ3n) is 3.76. The van der Waals surface area contributed by atoms with E-state index in [0.717, 1.165) is 38.8 Å². The van der Waals surface area contributed by atoms with Crippen molar-refractivity contribution in [2.24, 2.45) is 5.73 Å². The number of hydrogen-bond donors (Lipinski definition) is 1. The molecule has 1 heterocycles. The van der Waals surface area contributed by atoms with Crippen LogP contribution >= 0.6 is 0 Å². The Kier molecular flexibility index (Phi) is 13.0. The summed E-state index contributed by atoms with van der Waals surface area (Å²) in [5.41, 5.74) is 5.82. The number of hydrogen-bond acceptors (Lipinski definition) is 2. The molecule has 0 saturated carbocycles. The fourth-order valence-corrected chi connectivity index (χ4v) is 2.42. The van der Waals surface area contributed by atoms with Crippen molar-refractivity contribution in [2.45, 2.75) is 91.0 Å². The Bertz CT molecular complexity index is 227. The molecule has 0 aliphatic carbocycles. The number of unbranched alkanes of at least 4 members (excludes halogenated alkanes) is 5. The summed E-state index contributed by atoms with van der Waals surface area (Å²) < 4.78 is 0. The highest BCUT2D eigenvalue weighted by atomic mass is 16.2. The van der Waals surface area contributed by atoms with Gasteiger partial charge < -0.3 is 10.6 Å². The van der Waals surface area contributed by atoms with E-state index in [0.29, 0.717) is 12.3 Å². The summed E-state index contributed by atoms with van der Waals surface area (Å²) in [4.78, 5) is 13.6. The first-order valence-corrected chi connectivity index (χ1v) is 8.68. The molecule has 0 aromatic carbocycles. The molecule has 20 heavy (non-hydrogen) atoms. The molecule has 1 aliphatic heterocycles. The molecule has 1 rings (SSSR count). The minimum atomic E-state index is 0.207. The quantitative estimate of drug-likeness (QED) is 0.715. The third-order valence-corrected chi connectivity index (χ3v) is 3.76. The van der Waals surface area contributed by atoms with Crippen LogP contribution in [0, 0.1) is 0 Å². The van der Waals surface area contributed by atoms with Crippen LogP contribution in [0.3, 0.4) is 0 Å². The van der Waals surface area contributed by atoms with Gasteiger partial charge in [-0.2, -0.15) is 0 Å². The van der Waals surface area contributed by atoms with E-state index in [2.05, 4.69) is 20.8 Å². The van der Waals surface area contributed by atoms with Crippen molar-refractivity contribution in [1.82, 2.24) is 4.90 Å². The van der Waals surface area contributed by atoms with Gasteiger partial charge in [0.1, 0.15) is 0 Å². The van der Waals surface area contributed by atoms with Crippen LogP contribution in [-0.2, 0) is 4.79 Å². The zero-order valence-corrected chi connectivity index (χ0v) is 14.0. The van der Waals surface area contributed by atoms with Crippen LogP contribution in [-0.4, -0.2) is 29.9 Å². The highest BCUT2D eigenvalue weighted by molar-refractivity contribution is 5.76. The van der Waals surface area contributed by atoms with Crippen LogP contribution in [0.2, 0.25) is 0 Å². The van der Waals surface area contributed by atoms with Crippen LogP contribution in [0.15, 0.2) is 0 Å². The lowest BCUT2D eigenvalue weighted by atomic mass is 10.1. The first-order valence-electron chi connectivity index (χ1n) is 8.68. The van der Waals surface area contributed by atoms with Gasteiger partial charge >= 0.3 is 0 Å². The van der Waals surface area contributed by atoms with Crippen LogP contribution in [0.25, 0.3) is 0 Å². The summed E-state index contributed by atoms with van der Waals surface area (Å²) in [6, 6.07) is 0.207. The zero-order valence-electron chi connectivity index (χ0n) is 14.0. The average molecular weight is 284 g/mol. The molecule has 3 nitrogen and oxygen atoms in total. The van der Waals surface area contributed by atoms with Crippen molar-refractivity contribution >= 4 is 5.91 Å². The van der Waals surface area contributed by atoms with Crippen molar-refractivity contribution in [1.29, 1.82) is 0 Å². The highest BCUT2D eigenvalue weighted by Gasteiger charge is 2.20. The summed E-state index contributed by atoms with van der Waals surface area (Å²) in [5.74, 6) is 0.300.